The number of ether oxygens (including phenoxy) is 1. The molecule has 1 aromatic rings. The van der Waals surface area contributed by atoms with E-state index >= 15 is 0 Å². The van der Waals surface area contributed by atoms with Crippen LogP contribution in [0.5, 0.6) is 0 Å². The van der Waals surface area contributed by atoms with Crippen molar-refractivity contribution in [1.82, 2.24) is 4.90 Å². The zero-order valence-electron chi connectivity index (χ0n) is 12.7. The summed E-state index contributed by atoms with van der Waals surface area (Å²) >= 11 is 0. The molecule has 0 aliphatic carbocycles. The molecule has 1 unspecified atom stereocenters. The topological polar surface area (TPSA) is 46.6 Å². The molecule has 0 N–H and O–H groups in total. The highest BCUT2D eigenvalue weighted by atomic mass is 19.4. The molecule has 0 radical (unpaired) electrons. The second kappa shape index (κ2) is 7.02. The molecule has 0 fully saturated rings. The summed E-state index contributed by atoms with van der Waals surface area (Å²) in [7, 11) is 0. The number of halogens is 3. The van der Waals surface area contributed by atoms with Gasteiger partial charge in [0.1, 0.15) is 6.54 Å². The quantitative estimate of drug-likeness (QED) is 0.798. The van der Waals surface area contributed by atoms with Gasteiger partial charge in [-0.1, -0.05) is 24.3 Å². The minimum Gasteiger partial charge on any atom is -0.466 e. The Bertz CT molecular complexity index is 586. The number of hydrogen-bond acceptors (Lipinski definition) is 3. The number of nitrogens with zero attached hydrogens (tertiary/aromatic N) is 1. The van der Waals surface area contributed by atoms with Crippen molar-refractivity contribution < 1.29 is 27.5 Å². The number of rotatable bonds is 4. The average molecular weight is 329 g/mol. The van der Waals surface area contributed by atoms with E-state index in [1.807, 2.05) is 0 Å². The summed E-state index contributed by atoms with van der Waals surface area (Å²) in [6.45, 7) is 0.383. The zero-order valence-corrected chi connectivity index (χ0v) is 12.7. The molecule has 0 aromatic heterocycles. The number of benzene rings is 1. The number of carbonyl (C=O) groups excluding carboxylic acids is 2. The molecule has 126 valence electrons. The summed E-state index contributed by atoms with van der Waals surface area (Å²) in [4.78, 5) is 24.9. The molecule has 2 rings (SSSR count). The summed E-state index contributed by atoms with van der Waals surface area (Å²) < 4.78 is 43.1. The Hall–Kier alpha value is -2.05. The summed E-state index contributed by atoms with van der Waals surface area (Å²) in [5.41, 5.74) is 1.47. The fourth-order valence-electron chi connectivity index (χ4n) is 2.74. The van der Waals surface area contributed by atoms with Gasteiger partial charge in [-0.2, -0.15) is 13.2 Å². The van der Waals surface area contributed by atoms with Crippen LogP contribution in [0, 0.1) is 5.92 Å². The molecule has 1 atom stereocenters. The predicted molar refractivity (Wildman–Crippen MR) is 76.4 cm³/mol. The Labute approximate surface area is 132 Å². The van der Waals surface area contributed by atoms with E-state index in [-0.39, 0.29) is 26.0 Å². The number of carbonyl (C=O) groups is 2. The first-order valence-corrected chi connectivity index (χ1v) is 7.38. The van der Waals surface area contributed by atoms with Crippen molar-refractivity contribution in [1.29, 1.82) is 0 Å². The minimum absolute atomic E-state index is 0.103. The van der Waals surface area contributed by atoms with E-state index in [2.05, 4.69) is 0 Å². The van der Waals surface area contributed by atoms with Gasteiger partial charge in [0, 0.05) is 6.54 Å². The highest BCUT2D eigenvalue weighted by molar-refractivity contribution is 5.84. The van der Waals surface area contributed by atoms with Gasteiger partial charge < -0.3 is 9.64 Å². The molecule has 0 saturated heterocycles. The van der Waals surface area contributed by atoms with Crippen LogP contribution < -0.4 is 0 Å². The van der Waals surface area contributed by atoms with E-state index in [4.69, 9.17) is 4.74 Å². The summed E-state index contributed by atoms with van der Waals surface area (Å²) in [6, 6.07) is 6.97. The molecule has 1 aliphatic heterocycles. The van der Waals surface area contributed by atoms with Crippen LogP contribution >= 0.6 is 0 Å². The largest absolute Gasteiger partial charge is 0.466 e. The third-order valence-electron chi connectivity index (χ3n) is 3.70. The van der Waals surface area contributed by atoms with Crippen LogP contribution in [-0.4, -0.2) is 36.1 Å². The van der Waals surface area contributed by atoms with Crippen molar-refractivity contribution >= 4 is 11.9 Å². The van der Waals surface area contributed by atoms with Gasteiger partial charge in [0.2, 0.25) is 5.91 Å². The van der Waals surface area contributed by atoms with E-state index in [0.29, 0.717) is 5.56 Å². The second-order valence-electron chi connectivity index (χ2n) is 5.49. The smallest absolute Gasteiger partial charge is 0.406 e. The Kier molecular flexibility index (Phi) is 5.28. The molecule has 1 amide bonds. The summed E-state index contributed by atoms with van der Waals surface area (Å²) in [6.07, 6.45) is -4.46. The van der Waals surface area contributed by atoms with Crippen molar-refractivity contribution in [2.45, 2.75) is 32.5 Å². The van der Waals surface area contributed by atoms with Gasteiger partial charge in [-0.05, 0) is 24.5 Å². The third kappa shape index (κ3) is 4.71. The van der Waals surface area contributed by atoms with Crippen molar-refractivity contribution in [3.63, 3.8) is 0 Å². The Morgan fingerprint density at radius 3 is 2.57 bits per heavy atom. The molecule has 4 nitrogen and oxygen atoms in total. The Morgan fingerprint density at radius 1 is 1.30 bits per heavy atom. The van der Waals surface area contributed by atoms with Crippen LogP contribution in [0.4, 0.5) is 13.2 Å². The molecule has 1 aliphatic rings. The molecule has 7 heteroatoms. The molecular weight excluding hydrogens is 311 g/mol. The fraction of sp³-hybridized carbons (Fsp3) is 0.500. The van der Waals surface area contributed by atoms with Gasteiger partial charge in [0.25, 0.3) is 0 Å². The first-order chi connectivity index (χ1) is 10.8. The van der Waals surface area contributed by atoms with Crippen molar-refractivity contribution in [3.05, 3.63) is 35.4 Å². The molecule has 0 saturated carbocycles. The first kappa shape index (κ1) is 17.3. The number of hydrogen-bond donors (Lipinski definition) is 0. The zero-order chi connectivity index (χ0) is 17.0. The van der Waals surface area contributed by atoms with Gasteiger partial charge in [-0.25, -0.2) is 0 Å². The monoisotopic (exact) mass is 329 g/mol. The number of amides is 1. The van der Waals surface area contributed by atoms with Gasteiger partial charge in [-0.3, -0.25) is 9.59 Å². The summed E-state index contributed by atoms with van der Waals surface area (Å²) in [5, 5.41) is 0. The SMILES string of the molecule is CCOC(=O)CC1Cc2ccccc2CN(CC(F)(F)F)C1=O. The highest BCUT2D eigenvalue weighted by Gasteiger charge is 2.38. The predicted octanol–water partition coefficient (Wildman–Crippen LogP) is 2.70. The first-order valence-electron chi connectivity index (χ1n) is 7.38. The van der Waals surface area contributed by atoms with Crippen LogP contribution in [0.25, 0.3) is 0 Å². The standard InChI is InChI=1S/C16H18F3NO3/c1-2-23-14(21)8-13-7-11-5-3-4-6-12(11)9-20(15(13)22)10-16(17,18)19/h3-6,13H,2,7-10H2,1H3. The second-order valence-corrected chi connectivity index (χ2v) is 5.49. The van der Waals surface area contributed by atoms with Crippen molar-refractivity contribution in [2.24, 2.45) is 5.92 Å². The van der Waals surface area contributed by atoms with Gasteiger partial charge >= 0.3 is 12.1 Å². The number of alkyl halides is 3. The number of fused-ring (bicyclic) bond motifs is 1. The van der Waals surface area contributed by atoms with E-state index in [1.165, 1.54) is 0 Å². The fourth-order valence-corrected chi connectivity index (χ4v) is 2.74. The van der Waals surface area contributed by atoms with Crippen molar-refractivity contribution in [2.75, 3.05) is 13.2 Å². The minimum atomic E-state index is -4.48. The maximum Gasteiger partial charge on any atom is 0.406 e. The Morgan fingerprint density at radius 2 is 1.96 bits per heavy atom. The van der Waals surface area contributed by atoms with E-state index in [0.717, 1.165) is 10.5 Å². The maximum atomic E-state index is 12.7. The Balaban J connectivity index is 2.27. The molecular formula is C16H18F3NO3. The lowest BCUT2D eigenvalue weighted by atomic mass is 9.94. The molecule has 0 spiro atoms. The van der Waals surface area contributed by atoms with Crippen LogP contribution in [0.1, 0.15) is 24.5 Å². The van der Waals surface area contributed by atoms with Crippen molar-refractivity contribution in [3.8, 4) is 0 Å². The van der Waals surface area contributed by atoms with Gasteiger partial charge in [0.15, 0.2) is 0 Å². The van der Waals surface area contributed by atoms with Crippen LogP contribution in [0.2, 0.25) is 0 Å². The van der Waals surface area contributed by atoms with Gasteiger partial charge in [0.05, 0.1) is 18.9 Å². The maximum absolute atomic E-state index is 12.7. The third-order valence-corrected chi connectivity index (χ3v) is 3.70. The lowest BCUT2D eigenvalue weighted by Crippen LogP contribution is -2.41. The van der Waals surface area contributed by atoms with Gasteiger partial charge in [-0.15, -0.1) is 0 Å². The molecule has 0 bridgehead atoms. The summed E-state index contributed by atoms with van der Waals surface area (Å²) in [5.74, 6) is -2.07. The highest BCUT2D eigenvalue weighted by Crippen LogP contribution is 2.28. The lowest BCUT2D eigenvalue weighted by molar-refractivity contribution is -0.165. The molecule has 1 heterocycles. The van der Waals surface area contributed by atoms with E-state index < -0.39 is 30.5 Å². The van der Waals surface area contributed by atoms with Crippen LogP contribution in [0.3, 0.4) is 0 Å². The van der Waals surface area contributed by atoms with Crippen LogP contribution in [-0.2, 0) is 27.3 Å². The van der Waals surface area contributed by atoms with E-state index in [1.54, 1.807) is 31.2 Å². The van der Waals surface area contributed by atoms with Crippen LogP contribution in [0.15, 0.2) is 24.3 Å². The molecule has 23 heavy (non-hydrogen) atoms. The van der Waals surface area contributed by atoms with E-state index in [9.17, 15) is 22.8 Å². The lowest BCUT2D eigenvalue weighted by Gasteiger charge is -2.25. The number of esters is 1. The molecule has 1 aromatic carbocycles. The normalized spacial score (nSPS) is 18.3. The average Bonchev–Trinajstić information content (AvgIpc) is 2.56.